The fourth-order valence-corrected chi connectivity index (χ4v) is 2.39. The molecule has 0 unspecified atom stereocenters. The maximum Gasteiger partial charge on any atom is 0.314 e. The molecule has 21 heavy (non-hydrogen) atoms. The molecule has 0 aromatic heterocycles. The maximum absolute atomic E-state index is 11.5. The molecule has 1 aliphatic carbocycles. The third-order valence-corrected chi connectivity index (χ3v) is 4.21. The predicted molar refractivity (Wildman–Crippen MR) is 83.3 cm³/mol. The molecule has 0 saturated heterocycles. The molecular weight excluding hydrogens is 268 g/mol. The summed E-state index contributed by atoms with van der Waals surface area (Å²) in [6.07, 6.45) is 11.3. The number of carbonyl (C=O) groups excluding carboxylic acids is 1. The third-order valence-electron chi connectivity index (χ3n) is 4.21. The number of nitrogens with one attached hydrogen (secondary N) is 2. The zero-order chi connectivity index (χ0) is 15.6. The summed E-state index contributed by atoms with van der Waals surface area (Å²) in [6, 6.07) is -0.245. The Morgan fingerprint density at radius 1 is 0.952 bits per heavy atom. The van der Waals surface area contributed by atoms with E-state index in [0.717, 1.165) is 12.8 Å². The normalized spacial score (nSPS) is 15.5. The molecule has 0 heterocycles. The van der Waals surface area contributed by atoms with Crippen molar-refractivity contribution in [3.8, 4) is 0 Å². The van der Waals surface area contributed by atoms with Crippen molar-refractivity contribution in [2.45, 2.75) is 71.1 Å². The molecule has 5 nitrogen and oxygen atoms in total. The quantitative estimate of drug-likeness (QED) is 0.484. The summed E-state index contributed by atoms with van der Waals surface area (Å²) >= 11 is 0. The second-order valence-electron chi connectivity index (χ2n) is 6.17. The molecule has 1 fully saturated rings. The number of rotatable bonds is 12. The van der Waals surface area contributed by atoms with Crippen LogP contribution in [0.2, 0.25) is 0 Å². The Morgan fingerprint density at radius 3 is 2.05 bits per heavy atom. The molecule has 1 aliphatic rings. The molecule has 1 saturated carbocycles. The van der Waals surface area contributed by atoms with Crippen molar-refractivity contribution in [1.29, 1.82) is 0 Å². The standard InChI is InChI=1S/C16H30N2O3/c1-2-3-4-5-6-7-8-9-12-17-15(21)18-13-16(10-11-16)14(19)20/h2-13H2,1H3,(H,19,20)(H2,17,18,21). The van der Waals surface area contributed by atoms with Crippen LogP contribution >= 0.6 is 0 Å². The number of carboxylic acids is 1. The Bertz CT molecular complexity index is 327. The average molecular weight is 298 g/mol. The second-order valence-corrected chi connectivity index (χ2v) is 6.17. The van der Waals surface area contributed by atoms with E-state index in [1.165, 1.54) is 38.5 Å². The van der Waals surface area contributed by atoms with Gasteiger partial charge in [0.2, 0.25) is 0 Å². The summed E-state index contributed by atoms with van der Waals surface area (Å²) in [7, 11) is 0. The first-order valence-electron chi connectivity index (χ1n) is 8.36. The van der Waals surface area contributed by atoms with Gasteiger partial charge in [-0.3, -0.25) is 4.79 Å². The third kappa shape index (κ3) is 7.34. The van der Waals surface area contributed by atoms with Crippen molar-refractivity contribution >= 4 is 12.0 Å². The molecule has 0 aromatic carbocycles. The molecule has 0 radical (unpaired) electrons. The first kappa shape index (κ1) is 17.8. The minimum Gasteiger partial charge on any atom is -0.481 e. The van der Waals surface area contributed by atoms with Gasteiger partial charge in [-0.2, -0.15) is 0 Å². The van der Waals surface area contributed by atoms with Crippen molar-refractivity contribution in [3.05, 3.63) is 0 Å². The Morgan fingerprint density at radius 2 is 1.52 bits per heavy atom. The van der Waals surface area contributed by atoms with Crippen LogP contribution in [-0.4, -0.2) is 30.2 Å². The molecule has 122 valence electrons. The van der Waals surface area contributed by atoms with E-state index in [1.54, 1.807) is 0 Å². The molecule has 0 atom stereocenters. The van der Waals surface area contributed by atoms with Crippen LogP contribution in [0.3, 0.4) is 0 Å². The highest BCUT2D eigenvalue weighted by Gasteiger charge is 2.50. The van der Waals surface area contributed by atoms with Crippen LogP contribution in [0, 0.1) is 5.41 Å². The van der Waals surface area contributed by atoms with Crippen LogP contribution in [0.15, 0.2) is 0 Å². The number of urea groups is 1. The highest BCUT2D eigenvalue weighted by Crippen LogP contribution is 2.45. The van der Waals surface area contributed by atoms with Gasteiger partial charge < -0.3 is 15.7 Å². The van der Waals surface area contributed by atoms with Crippen molar-refractivity contribution in [3.63, 3.8) is 0 Å². The smallest absolute Gasteiger partial charge is 0.314 e. The van der Waals surface area contributed by atoms with Crippen LogP contribution in [-0.2, 0) is 4.79 Å². The Kier molecular flexibility index (Phi) is 8.16. The van der Waals surface area contributed by atoms with Crippen LogP contribution in [0.4, 0.5) is 4.79 Å². The number of hydrogen-bond donors (Lipinski definition) is 3. The van der Waals surface area contributed by atoms with Crippen molar-refractivity contribution in [2.24, 2.45) is 5.41 Å². The zero-order valence-electron chi connectivity index (χ0n) is 13.2. The monoisotopic (exact) mass is 298 g/mol. The van der Waals surface area contributed by atoms with Gasteiger partial charge in [-0.25, -0.2) is 4.79 Å². The van der Waals surface area contributed by atoms with Crippen LogP contribution in [0.25, 0.3) is 0 Å². The van der Waals surface area contributed by atoms with E-state index >= 15 is 0 Å². The van der Waals surface area contributed by atoms with E-state index in [2.05, 4.69) is 17.6 Å². The lowest BCUT2D eigenvalue weighted by molar-refractivity contribution is -0.143. The molecule has 2 amide bonds. The van der Waals surface area contributed by atoms with Crippen molar-refractivity contribution < 1.29 is 14.7 Å². The number of hydrogen-bond acceptors (Lipinski definition) is 2. The van der Waals surface area contributed by atoms with Crippen molar-refractivity contribution in [1.82, 2.24) is 10.6 Å². The maximum atomic E-state index is 11.5. The molecule has 0 aromatic rings. The lowest BCUT2D eigenvalue weighted by Crippen LogP contribution is -2.41. The zero-order valence-corrected chi connectivity index (χ0v) is 13.2. The summed E-state index contributed by atoms with van der Waals surface area (Å²) in [4.78, 5) is 22.5. The topological polar surface area (TPSA) is 78.4 Å². The van der Waals surface area contributed by atoms with E-state index in [9.17, 15) is 9.59 Å². The minimum atomic E-state index is -0.800. The summed E-state index contributed by atoms with van der Waals surface area (Å²) in [5.41, 5.74) is -0.685. The molecular formula is C16H30N2O3. The number of carbonyl (C=O) groups is 2. The van der Waals surface area contributed by atoms with Crippen LogP contribution in [0.1, 0.15) is 71.1 Å². The van der Waals surface area contributed by atoms with Gasteiger partial charge in [-0.1, -0.05) is 51.9 Å². The molecule has 1 rings (SSSR count). The van der Waals surface area contributed by atoms with Gasteiger partial charge in [0.05, 0.1) is 5.41 Å². The Hall–Kier alpha value is -1.26. The molecule has 3 N–H and O–H groups in total. The largest absolute Gasteiger partial charge is 0.481 e. The molecule has 0 bridgehead atoms. The molecule has 0 spiro atoms. The first-order valence-corrected chi connectivity index (χ1v) is 8.36. The lowest BCUT2D eigenvalue weighted by Gasteiger charge is -2.12. The van der Waals surface area contributed by atoms with E-state index in [4.69, 9.17) is 5.11 Å². The van der Waals surface area contributed by atoms with Crippen molar-refractivity contribution in [2.75, 3.05) is 13.1 Å². The van der Waals surface area contributed by atoms with Gasteiger partial charge in [0.1, 0.15) is 0 Å². The van der Waals surface area contributed by atoms with Crippen LogP contribution < -0.4 is 10.6 Å². The van der Waals surface area contributed by atoms with E-state index in [0.29, 0.717) is 19.4 Å². The fourth-order valence-electron chi connectivity index (χ4n) is 2.39. The predicted octanol–water partition coefficient (Wildman–Crippen LogP) is 3.29. The minimum absolute atomic E-state index is 0.242. The summed E-state index contributed by atoms with van der Waals surface area (Å²) in [5.74, 6) is -0.800. The second kappa shape index (κ2) is 9.64. The van der Waals surface area contributed by atoms with E-state index < -0.39 is 11.4 Å². The number of carboxylic acid groups (broad SMARTS) is 1. The first-order chi connectivity index (χ1) is 10.1. The van der Waals surface area contributed by atoms with Gasteiger partial charge in [-0.15, -0.1) is 0 Å². The van der Waals surface area contributed by atoms with E-state index in [1.807, 2.05) is 0 Å². The average Bonchev–Trinajstić information content (AvgIpc) is 3.24. The lowest BCUT2D eigenvalue weighted by atomic mass is 10.1. The number of aliphatic carboxylic acids is 1. The Balaban J connectivity index is 1.89. The Labute approximate surface area is 127 Å². The number of amides is 2. The summed E-state index contributed by atoms with van der Waals surface area (Å²) in [5, 5.41) is 14.4. The van der Waals surface area contributed by atoms with Gasteiger partial charge in [0.15, 0.2) is 0 Å². The summed E-state index contributed by atoms with van der Waals surface area (Å²) in [6.45, 7) is 3.13. The summed E-state index contributed by atoms with van der Waals surface area (Å²) < 4.78 is 0. The van der Waals surface area contributed by atoms with Gasteiger partial charge in [0, 0.05) is 13.1 Å². The number of unbranched alkanes of at least 4 members (excludes halogenated alkanes) is 7. The highest BCUT2D eigenvalue weighted by atomic mass is 16.4. The van der Waals surface area contributed by atoms with Gasteiger partial charge in [-0.05, 0) is 19.3 Å². The van der Waals surface area contributed by atoms with Gasteiger partial charge >= 0.3 is 12.0 Å². The van der Waals surface area contributed by atoms with E-state index in [-0.39, 0.29) is 12.6 Å². The van der Waals surface area contributed by atoms with Gasteiger partial charge in [0.25, 0.3) is 0 Å². The SMILES string of the molecule is CCCCCCCCCCNC(=O)NCC1(C(=O)O)CC1. The highest BCUT2D eigenvalue weighted by molar-refractivity contribution is 5.80. The molecule has 0 aliphatic heterocycles. The fraction of sp³-hybridized carbons (Fsp3) is 0.875. The van der Waals surface area contributed by atoms with Crippen LogP contribution in [0.5, 0.6) is 0 Å². The molecule has 5 heteroatoms.